The third-order valence-electron chi connectivity index (χ3n) is 2.78. The van der Waals surface area contributed by atoms with Crippen molar-refractivity contribution in [2.75, 3.05) is 23.7 Å². The van der Waals surface area contributed by atoms with Crippen molar-refractivity contribution in [1.82, 2.24) is 9.97 Å². The van der Waals surface area contributed by atoms with Gasteiger partial charge in [-0.2, -0.15) is 18.2 Å². The van der Waals surface area contributed by atoms with Gasteiger partial charge in [-0.05, 0) is 18.9 Å². The lowest BCUT2D eigenvalue weighted by Gasteiger charge is -2.11. The standard InChI is InChI=1S/C13H17F3N4S/c1-3-5-17-12-19-10(18-7-13(14,15)16)9-6-8(4-2)21-11(9)20-12/h6H,3-5,7H2,1-2H3,(H2,17,18,19,20). The lowest BCUT2D eigenvalue weighted by molar-refractivity contribution is -0.115. The number of thiophene rings is 1. The number of nitrogens with zero attached hydrogens (tertiary/aromatic N) is 2. The average molecular weight is 318 g/mol. The summed E-state index contributed by atoms with van der Waals surface area (Å²) in [5.74, 6) is 0.588. The Hall–Kier alpha value is -1.57. The van der Waals surface area contributed by atoms with Crippen LogP contribution in [0.3, 0.4) is 0 Å². The first-order valence-corrected chi connectivity index (χ1v) is 7.59. The molecule has 116 valence electrons. The first-order chi connectivity index (χ1) is 9.93. The van der Waals surface area contributed by atoms with Crippen LogP contribution in [0.15, 0.2) is 6.07 Å². The Bertz CT molecular complexity index is 609. The van der Waals surface area contributed by atoms with Gasteiger partial charge in [-0.15, -0.1) is 11.3 Å². The summed E-state index contributed by atoms with van der Waals surface area (Å²) in [5, 5.41) is 6.03. The molecule has 0 aromatic carbocycles. The zero-order chi connectivity index (χ0) is 15.5. The number of aryl methyl sites for hydroxylation is 1. The molecule has 2 rings (SSSR count). The molecule has 0 aliphatic rings. The number of nitrogens with one attached hydrogen (secondary N) is 2. The summed E-state index contributed by atoms with van der Waals surface area (Å²) >= 11 is 1.48. The molecule has 21 heavy (non-hydrogen) atoms. The molecule has 0 aliphatic carbocycles. The zero-order valence-corrected chi connectivity index (χ0v) is 12.7. The largest absolute Gasteiger partial charge is 0.405 e. The number of halogens is 3. The Morgan fingerprint density at radius 3 is 2.57 bits per heavy atom. The van der Waals surface area contributed by atoms with Gasteiger partial charge < -0.3 is 10.6 Å². The Balaban J connectivity index is 2.35. The number of rotatable bonds is 6. The average Bonchev–Trinajstić information content (AvgIpc) is 2.84. The molecule has 2 aromatic heterocycles. The van der Waals surface area contributed by atoms with Crippen molar-refractivity contribution in [3.8, 4) is 0 Å². The van der Waals surface area contributed by atoms with Gasteiger partial charge in [-0.25, -0.2) is 4.98 Å². The molecule has 0 unspecified atom stereocenters. The van der Waals surface area contributed by atoms with E-state index in [9.17, 15) is 13.2 Å². The number of hydrogen-bond acceptors (Lipinski definition) is 5. The zero-order valence-electron chi connectivity index (χ0n) is 11.8. The highest BCUT2D eigenvalue weighted by Gasteiger charge is 2.27. The van der Waals surface area contributed by atoms with Crippen LogP contribution in [0.2, 0.25) is 0 Å². The third-order valence-corrected chi connectivity index (χ3v) is 3.95. The predicted molar refractivity (Wildman–Crippen MR) is 80.1 cm³/mol. The van der Waals surface area contributed by atoms with E-state index in [4.69, 9.17) is 0 Å². The molecule has 0 spiro atoms. The van der Waals surface area contributed by atoms with E-state index in [1.165, 1.54) is 11.3 Å². The van der Waals surface area contributed by atoms with Crippen molar-refractivity contribution in [3.63, 3.8) is 0 Å². The van der Waals surface area contributed by atoms with Gasteiger partial charge in [0.15, 0.2) is 0 Å². The van der Waals surface area contributed by atoms with E-state index in [1.807, 2.05) is 19.9 Å². The Labute approximate surface area is 124 Å². The molecule has 0 saturated carbocycles. The highest BCUT2D eigenvalue weighted by Crippen LogP contribution is 2.31. The second-order valence-corrected chi connectivity index (χ2v) is 5.69. The highest BCUT2D eigenvalue weighted by molar-refractivity contribution is 7.18. The van der Waals surface area contributed by atoms with Crippen molar-refractivity contribution in [2.45, 2.75) is 32.9 Å². The highest BCUT2D eigenvalue weighted by atomic mass is 32.1. The summed E-state index contributed by atoms with van der Waals surface area (Å²) in [6.07, 6.45) is -2.58. The lowest BCUT2D eigenvalue weighted by atomic mass is 10.3. The van der Waals surface area contributed by atoms with Crippen molar-refractivity contribution < 1.29 is 13.2 Å². The Morgan fingerprint density at radius 2 is 1.95 bits per heavy atom. The summed E-state index contributed by atoms with van der Waals surface area (Å²) in [4.78, 5) is 10.3. The van der Waals surface area contributed by atoms with Crippen LogP contribution in [-0.2, 0) is 6.42 Å². The van der Waals surface area contributed by atoms with Gasteiger partial charge in [0, 0.05) is 11.4 Å². The molecule has 2 aromatic rings. The van der Waals surface area contributed by atoms with Crippen molar-refractivity contribution in [1.29, 1.82) is 0 Å². The van der Waals surface area contributed by atoms with Crippen LogP contribution in [0, 0.1) is 0 Å². The summed E-state index contributed by atoms with van der Waals surface area (Å²) < 4.78 is 37.2. The van der Waals surface area contributed by atoms with Gasteiger partial charge in [-0.1, -0.05) is 13.8 Å². The van der Waals surface area contributed by atoms with Crippen LogP contribution in [0.4, 0.5) is 24.9 Å². The van der Waals surface area contributed by atoms with E-state index in [0.717, 1.165) is 17.7 Å². The van der Waals surface area contributed by atoms with Crippen LogP contribution in [0.5, 0.6) is 0 Å². The minimum Gasteiger partial charge on any atom is -0.360 e. The van der Waals surface area contributed by atoms with Crippen LogP contribution < -0.4 is 10.6 Å². The Kier molecular flexibility index (Phi) is 4.87. The summed E-state index contributed by atoms with van der Waals surface area (Å²) in [7, 11) is 0. The van der Waals surface area contributed by atoms with Gasteiger partial charge in [-0.3, -0.25) is 0 Å². The first-order valence-electron chi connectivity index (χ1n) is 6.78. The van der Waals surface area contributed by atoms with Crippen LogP contribution >= 0.6 is 11.3 Å². The van der Waals surface area contributed by atoms with Crippen LogP contribution in [0.25, 0.3) is 10.2 Å². The molecule has 0 aliphatic heterocycles. The fourth-order valence-electron chi connectivity index (χ4n) is 1.78. The normalized spacial score (nSPS) is 11.9. The molecule has 0 bridgehead atoms. The fourth-order valence-corrected chi connectivity index (χ4v) is 2.75. The maximum absolute atomic E-state index is 12.4. The maximum Gasteiger partial charge on any atom is 0.405 e. The number of alkyl halides is 3. The molecule has 2 N–H and O–H groups in total. The molecule has 4 nitrogen and oxygen atoms in total. The SMILES string of the molecule is CCCNc1nc(NCC(F)(F)F)c2cc(CC)sc2n1. The van der Waals surface area contributed by atoms with Crippen molar-refractivity contribution in [2.24, 2.45) is 0 Å². The van der Waals surface area contributed by atoms with E-state index in [1.54, 1.807) is 0 Å². The predicted octanol–water partition coefficient (Wildman–Crippen LogP) is 4.05. The summed E-state index contributed by atoms with van der Waals surface area (Å²) in [6.45, 7) is 3.56. The van der Waals surface area contributed by atoms with E-state index >= 15 is 0 Å². The molecular formula is C13H17F3N4S. The van der Waals surface area contributed by atoms with E-state index in [2.05, 4.69) is 20.6 Å². The van der Waals surface area contributed by atoms with Gasteiger partial charge in [0.1, 0.15) is 17.2 Å². The topological polar surface area (TPSA) is 49.8 Å². The van der Waals surface area contributed by atoms with Crippen LogP contribution in [-0.4, -0.2) is 29.2 Å². The molecule has 0 amide bonds. The molecule has 0 saturated heterocycles. The molecule has 0 radical (unpaired) electrons. The summed E-state index contributed by atoms with van der Waals surface area (Å²) in [6, 6.07) is 1.85. The van der Waals surface area contributed by atoms with E-state index < -0.39 is 12.7 Å². The van der Waals surface area contributed by atoms with Crippen LogP contribution in [0.1, 0.15) is 25.1 Å². The van der Waals surface area contributed by atoms with Crippen molar-refractivity contribution >= 4 is 33.3 Å². The monoisotopic (exact) mass is 318 g/mol. The Morgan fingerprint density at radius 1 is 1.19 bits per heavy atom. The summed E-state index contributed by atoms with van der Waals surface area (Å²) in [5.41, 5.74) is 0. The molecule has 8 heteroatoms. The number of hydrogen-bond donors (Lipinski definition) is 2. The fraction of sp³-hybridized carbons (Fsp3) is 0.538. The lowest BCUT2D eigenvalue weighted by Crippen LogP contribution is -2.22. The quantitative estimate of drug-likeness (QED) is 0.843. The number of fused-ring (bicyclic) bond motifs is 1. The van der Waals surface area contributed by atoms with E-state index in [-0.39, 0.29) is 5.82 Å². The minimum absolute atomic E-state index is 0.229. The van der Waals surface area contributed by atoms with Gasteiger partial charge in [0.25, 0.3) is 0 Å². The molecule has 0 fully saturated rings. The number of aromatic nitrogens is 2. The van der Waals surface area contributed by atoms with Gasteiger partial charge in [0.05, 0.1) is 5.39 Å². The number of anilines is 2. The molecular weight excluding hydrogens is 301 g/mol. The molecule has 2 heterocycles. The minimum atomic E-state index is -4.28. The van der Waals surface area contributed by atoms with Gasteiger partial charge in [0.2, 0.25) is 5.95 Å². The maximum atomic E-state index is 12.4. The van der Waals surface area contributed by atoms with Gasteiger partial charge >= 0.3 is 6.18 Å². The molecule has 0 atom stereocenters. The first kappa shape index (κ1) is 15.8. The second-order valence-electron chi connectivity index (χ2n) is 4.58. The smallest absolute Gasteiger partial charge is 0.360 e. The van der Waals surface area contributed by atoms with Crippen molar-refractivity contribution in [3.05, 3.63) is 10.9 Å². The third kappa shape index (κ3) is 4.20. The second kappa shape index (κ2) is 6.46. The van der Waals surface area contributed by atoms with E-state index in [0.29, 0.717) is 22.7 Å².